The van der Waals surface area contributed by atoms with Crippen molar-refractivity contribution in [1.82, 2.24) is 0 Å². The van der Waals surface area contributed by atoms with Gasteiger partial charge in [-0.05, 0) is 6.42 Å². The Morgan fingerprint density at radius 1 is 0.788 bits per heavy atom. The van der Waals surface area contributed by atoms with Crippen molar-refractivity contribution in [2.45, 2.75) is 98.2 Å². The molecule has 1 aliphatic carbocycles. The maximum atomic E-state index is 10.7. The van der Waals surface area contributed by atoms with Crippen molar-refractivity contribution in [3.63, 3.8) is 0 Å². The first-order chi connectivity index (χ1) is 15.5. The zero-order valence-electron chi connectivity index (χ0n) is 17.9. The van der Waals surface area contributed by atoms with Crippen LogP contribution in [-0.2, 0) is 18.9 Å². The minimum absolute atomic E-state index is 0.0934. The lowest BCUT2D eigenvalue weighted by molar-refractivity contribution is -0.317. The van der Waals surface area contributed by atoms with Crippen molar-refractivity contribution in [3.8, 4) is 0 Å². The number of aliphatic hydroxyl groups excluding tert-OH is 7. The second kappa shape index (κ2) is 11.0. The predicted molar refractivity (Wildman–Crippen MR) is 108 cm³/mol. The third kappa shape index (κ3) is 5.32. The molecule has 0 unspecified atom stereocenters. The zero-order valence-corrected chi connectivity index (χ0v) is 17.9. The van der Waals surface area contributed by atoms with Crippen molar-refractivity contribution >= 4 is 0 Å². The average molecular weight is 485 g/mol. The molecule has 0 radical (unpaired) electrons. The van der Waals surface area contributed by atoms with Gasteiger partial charge in [0.2, 0.25) is 0 Å². The Bertz CT molecular complexity index is 638. The molecule has 15 N–H and O–H groups in total. The monoisotopic (exact) mass is 484 g/mol. The lowest BCUT2D eigenvalue weighted by Gasteiger charge is -2.47. The molecule has 0 aromatic heterocycles. The van der Waals surface area contributed by atoms with Crippen LogP contribution < -0.4 is 22.9 Å². The molecule has 0 bridgehead atoms. The highest BCUT2D eigenvalue weighted by Gasteiger charge is 2.52. The third-order valence-corrected chi connectivity index (χ3v) is 6.45. The number of rotatable bonds is 7. The van der Waals surface area contributed by atoms with E-state index < -0.39 is 98.4 Å². The van der Waals surface area contributed by atoms with Gasteiger partial charge in [0.15, 0.2) is 12.6 Å². The number of hydrogen-bond donors (Lipinski definition) is 11. The second-order valence-electron chi connectivity index (χ2n) is 8.79. The Kier molecular flexibility index (Phi) is 8.99. The maximum absolute atomic E-state index is 10.7. The summed E-state index contributed by atoms with van der Waals surface area (Å²) in [7, 11) is 0. The van der Waals surface area contributed by atoms with E-state index in [1.54, 1.807) is 0 Å². The summed E-state index contributed by atoms with van der Waals surface area (Å²) in [4.78, 5) is 0. The van der Waals surface area contributed by atoms with Crippen LogP contribution in [0.1, 0.15) is 6.42 Å². The lowest BCUT2D eigenvalue weighted by Crippen LogP contribution is -2.68. The topological polar surface area (TPSA) is 283 Å². The molecule has 0 spiro atoms. The normalized spacial score (nSPS) is 52.1. The number of ether oxygens (including phenoxy) is 4. The third-order valence-electron chi connectivity index (χ3n) is 6.45. The van der Waals surface area contributed by atoms with Crippen LogP contribution in [-0.4, -0.2) is 141 Å². The van der Waals surface area contributed by atoms with E-state index in [9.17, 15) is 35.7 Å². The van der Waals surface area contributed by atoms with Gasteiger partial charge in [-0.1, -0.05) is 0 Å². The highest BCUT2D eigenvalue weighted by molar-refractivity contribution is 5.02. The van der Waals surface area contributed by atoms with E-state index in [0.717, 1.165) is 0 Å². The summed E-state index contributed by atoms with van der Waals surface area (Å²) in [5, 5.41) is 70.5. The summed E-state index contributed by atoms with van der Waals surface area (Å²) in [5.74, 6) is 0. The van der Waals surface area contributed by atoms with Gasteiger partial charge in [0.05, 0.1) is 18.8 Å². The SMILES string of the molecule is NC[C@H]1O[C@@H](O[C@H]2[C@H](O)[C@@H](N)C[C@@H](N)[C@@H]2O[C@H]2O[C@H]([C@H](O)CO)[C@@H](O)[C@H](O)[C@H]2N)[C@H](O)[C@@H]1O. The van der Waals surface area contributed by atoms with E-state index in [1.165, 1.54) is 0 Å². The lowest BCUT2D eigenvalue weighted by atomic mass is 9.84. The van der Waals surface area contributed by atoms with Gasteiger partial charge in [0, 0.05) is 18.6 Å². The van der Waals surface area contributed by atoms with Gasteiger partial charge >= 0.3 is 0 Å². The summed E-state index contributed by atoms with van der Waals surface area (Å²) in [6.45, 7) is -0.857. The smallest absolute Gasteiger partial charge is 0.187 e. The molecule has 3 aliphatic rings. The molecule has 3 fully saturated rings. The van der Waals surface area contributed by atoms with Crippen LogP contribution in [0.5, 0.6) is 0 Å². The Morgan fingerprint density at radius 2 is 1.42 bits per heavy atom. The summed E-state index contributed by atoms with van der Waals surface area (Å²) in [6.07, 6.45) is -16.4. The fourth-order valence-electron chi connectivity index (χ4n) is 4.39. The summed E-state index contributed by atoms with van der Waals surface area (Å²) >= 11 is 0. The van der Waals surface area contributed by atoms with Gasteiger partial charge in [-0.2, -0.15) is 0 Å². The Balaban J connectivity index is 1.79. The molecular weight excluding hydrogens is 448 g/mol. The summed E-state index contributed by atoms with van der Waals surface area (Å²) in [6, 6.07) is -2.95. The van der Waals surface area contributed by atoms with Crippen LogP contribution in [0.2, 0.25) is 0 Å². The minimum Gasteiger partial charge on any atom is -0.394 e. The summed E-state index contributed by atoms with van der Waals surface area (Å²) in [5.41, 5.74) is 23.6. The van der Waals surface area contributed by atoms with Crippen molar-refractivity contribution < 1.29 is 54.7 Å². The Labute approximate surface area is 189 Å². The van der Waals surface area contributed by atoms with Gasteiger partial charge in [-0.15, -0.1) is 0 Å². The molecule has 2 heterocycles. The van der Waals surface area contributed by atoms with Crippen molar-refractivity contribution in [1.29, 1.82) is 0 Å². The van der Waals surface area contributed by atoms with Crippen molar-refractivity contribution in [2.75, 3.05) is 13.2 Å². The van der Waals surface area contributed by atoms with Gasteiger partial charge < -0.3 is 77.6 Å². The molecule has 2 aliphatic heterocycles. The van der Waals surface area contributed by atoms with Crippen molar-refractivity contribution in [3.05, 3.63) is 0 Å². The molecule has 3 rings (SSSR count). The molecule has 0 aromatic rings. The molecular formula is C18H36N4O11. The maximum Gasteiger partial charge on any atom is 0.187 e. The van der Waals surface area contributed by atoms with Crippen molar-refractivity contribution in [2.24, 2.45) is 22.9 Å². The average Bonchev–Trinajstić information content (AvgIpc) is 3.06. The van der Waals surface area contributed by atoms with Crippen LogP contribution >= 0.6 is 0 Å². The van der Waals surface area contributed by atoms with E-state index in [0.29, 0.717) is 0 Å². The van der Waals surface area contributed by atoms with E-state index in [-0.39, 0.29) is 13.0 Å². The quantitative estimate of drug-likeness (QED) is 0.160. The number of hydrogen-bond acceptors (Lipinski definition) is 15. The number of nitrogens with two attached hydrogens (primary N) is 4. The van der Waals surface area contributed by atoms with Gasteiger partial charge in [0.1, 0.15) is 54.9 Å². The Hall–Kier alpha value is -0.600. The van der Waals surface area contributed by atoms with Crippen LogP contribution in [0.3, 0.4) is 0 Å². The van der Waals surface area contributed by atoms with Gasteiger partial charge in [-0.25, -0.2) is 0 Å². The zero-order chi connectivity index (χ0) is 24.6. The fourth-order valence-corrected chi connectivity index (χ4v) is 4.39. The Morgan fingerprint density at radius 3 is 2.00 bits per heavy atom. The summed E-state index contributed by atoms with van der Waals surface area (Å²) < 4.78 is 22.5. The number of aliphatic hydroxyl groups is 7. The fraction of sp³-hybridized carbons (Fsp3) is 1.00. The molecule has 15 atom stereocenters. The molecule has 1 saturated carbocycles. The molecule has 33 heavy (non-hydrogen) atoms. The molecule has 15 heteroatoms. The molecule has 2 saturated heterocycles. The predicted octanol–water partition coefficient (Wildman–Crippen LogP) is -7.29. The molecule has 194 valence electrons. The van der Waals surface area contributed by atoms with E-state index >= 15 is 0 Å². The van der Waals surface area contributed by atoms with Gasteiger partial charge in [-0.3, -0.25) is 0 Å². The largest absolute Gasteiger partial charge is 0.394 e. The van der Waals surface area contributed by atoms with E-state index in [1.807, 2.05) is 0 Å². The molecule has 0 aromatic carbocycles. The highest BCUT2D eigenvalue weighted by Crippen LogP contribution is 2.32. The highest BCUT2D eigenvalue weighted by atomic mass is 16.7. The standard InChI is InChI=1S/C18H36N4O11/c19-2-7-10(26)13(29)18(30-7)33-16-9(25)4(20)1-5(21)14(16)31-17-8(22)11(27)12(28)15(32-17)6(24)3-23/h4-18,23-29H,1-3,19-22H2/t4-,5+,6+,7+,8+,9+,10+,11+,12-,13+,14-,15+,16-,17-,18-/m0/s1. The van der Waals surface area contributed by atoms with Crippen LogP contribution in [0.25, 0.3) is 0 Å². The first kappa shape index (κ1) is 27.0. The van der Waals surface area contributed by atoms with Crippen LogP contribution in [0.4, 0.5) is 0 Å². The first-order valence-corrected chi connectivity index (χ1v) is 10.8. The van der Waals surface area contributed by atoms with Crippen LogP contribution in [0.15, 0.2) is 0 Å². The van der Waals surface area contributed by atoms with Crippen LogP contribution in [0, 0.1) is 0 Å². The second-order valence-corrected chi connectivity index (χ2v) is 8.79. The van der Waals surface area contributed by atoms with E-state index in [4.69, 9.17) is 41.9 Å². The van der Waals surface area contributed by atoms with E-state index in [2.05, 4.69) is 0 Å². The molecule has 0 amide bonds. The van der Waals surface area contributed by atoms with Gasteiger partial charge in [0.25, 0.3) is 0 Å². The molecule has 15 nitrogen and oxygen atoms in total. The first-order valence-electron chi connectivity index (χ1n) is 10.8. The minimum atomic E-state index is -1.61.